The lowest BCUT2D eigenvalue weighted by Gasteiger charge is -2.41. The highest BCUT2D eigenvalue weighted by molar-refractivity contribution is 5.94. The van der Waals surface area contributed by atoms with Crippen LogP contribution in [0.2, 0.25) is 0 Å². The first kappa shape index (κ1) is 17.5. The van der Waals surface area contributed by atoms with Crippen molar-refractivity contribution in [1.82, 2.24) is 15.2 Å². The van der Waals surface area contributed by atoms with Crippen molar-refractivity contribution in [2.45, 2.75) is 26.4 Å². The lowest BCUT2D eigenvalue weighted by Crippen LogP contribution is -2.54. The fraction of sp³-hybridized carbons (Fsp3) is 0.400. The lowest BCUT2D eigenvalue weighted by molar-refractivity contribution is 0.0730. The highest BCUT2D eigenvalue weighted by atomic mass is 19.1. The SMILES string of the molecule is C[C@@H]1CN(Cc2ccccc2)C[C@@H](C)C1NC(=O)c1ccncc1F. The maximum atomic E-state index is 13.8. The molecule has 4 nitrogen and oxygen atoms in total. The van der Waals surface area contributed by atoms with E-state index < -0.39 is 5.82 Å². The van der Waals surface area contributed by atoms with Crippen molar-refractivity contribution >= 4 is 5.91 Å². The number of amides is 1. The fourth-order valence-corrected chi connectivity index (χ4v) is 3.72. The highest BCUT2D eigenvalue weighted by Crippen LogP contribution is 2.24. The molecule has 1 N–H and O–H groups in total. The first-order valence-electron chi connectivity index (χ1n) is 8.71. The Balaban J connectivity index is 1.63. The summed E-state index contributed by atoms with van der Waals surface area (Å²) in [5, 5.41) is 3.03. The minimum absolute atomic E-state index is 0.0343. The quantitative estimate of drug-likeness (QED) is 0.929. The molecule has 25 heavy (non-hydrogen) atoms. The summed E-state index contributed by atoms with van der Waals surface area (Å²) in [5.41, 5.74) is 1.35. The second-order valence-corrected chi connectivity index (χ2v) is 6.99. The number of piperidine rings is 1. The van der Waals surface area contributed by atoms with E-state index in [0.717, 1.165) is 25.8 Å². The molecule has 5 heteroatoms. The summed E-state index contributed by atoms with van der Waals surface area (Å²) in [4.78, 5) is 18.5. The Morgan fingerprint density at radius 3 is 2.52 bits per heavy atom. The lowest BCUT2D eigenvalue weighted by atomic mass is 9.85. The van der Waals surface area contributed by atoms with Crippen LogP contribution in [-0.4, -0.2) is 34.9 Å². The molecular weight excluding hydrogens is 317 g/mol. The van der Waals surface area contributed by atoms with Gasteiger partial charge in [-0.1, -0.05) is 44.2 Å². The van der Waals surface area contributed by atoms with E-state index in [1.54, 1.807) is 0 Å². The number of carbonyl (C=O) groups is 1. The fourth-order valence-electron chi connectivity index (χ4n) is 3.72. The summed E-state index contributed by atoms with van der Waals surface area (Å²) in [6.45, 7) is 7.00. The van der Waals surface area contributed by atoms with Gasteiger partial charge in [0.2, 0.25) is 0 Å². The van der Waals surface area contributed by atoms with Gasteiger partial charge in [-0.2, -0.15) is 0 Å². The number of pyridine rings is 1. The first-order valence-corrected chi connectivity index (χ1v) is 8.71. The van der Waals surface area contributed by atoms with E-state index >= 15 is 0 Å². The molecule has 1 amide bonds. The van der Waals surface area contributed by atoms with Gasteiger partial charge in [-0.15, -0.1) is 0 Å². The Morgan fingerprint density at radius 1 is 1.20 bits per heavy atom. The number of halogens is 1. The zero-order valence-corrected chi connectivity index (χ0v) is 14.7. The van der Waals surface area contributed by atoms with Crippen LogP contribution in [0, 0.1) is 17.7 Å². The normalized spacial score (nSPS) is 21.9. The minimum atomic E-state index is -0.582. The van der Waals surface area contributed by atoms with Gasteiger partial charge >= 0.3 is 0 Å². The predicted octanol–water partition coefficient (Wildman–Crippen LogP) is 3.11. The van der Waals surface area contributed by atoms with Crippen LogP contribution in [0.3, 0.4) is 0 Å². The van der Waals surface area contributed by atoms with Crippen LogP contribution in [0.5, 0.6) is 0 Å². The molecule has 1 aliphatic heterocycles. The zero-order chi connectivity index (χ0) is 17.8. The average Bonchev–Trinajstić information content (AvgIpc) is 2.59. The molecule has 1 aromatic heterocycles. The number of nitrogens with zero attached hydrogens (tertiary/aromatic N) is 2. The molecule has 2 heterocycles. The van der Waals surface area contributed by atoms with E-state index in [1.165, 1.54) is 17.8 Å². The number of rotatable bonds is 4. The number of carbonyl (C=O) groups excluding carboxylic acids is 1. The Bertz CT molecular complexity index is 710. The maximum absolute atomic E-state index is 13.8. The van der Waals surface area contributed by atoms with Crippen LogP contribution in [0.1, 0.15) is 29.8 Å². The van der Waals surface area contributed by atoms with Crippen molar-refractivity contribution in [3.05, 3.63) is 65.7 Å². The maximum Gasteiger partial charge on any atom is 0.254 e. The van der Waals surface area contributed by atoms with E-state index in [2.05, 4.69) is 53.3 Å². The zero-order valence-electron chi connectivity index (χ0n) is 14.7. The highest BCUT2D eigenvalue weighted by Gasteiger charge is 2.33. The van der Waals surface area contributed by atoms with Crippen LogP contribution >= 0.6 is 0 Å². The third-order valence-corrected chi connectivity index (χ3v) is 4.88. The smallest absolute Gasteiger partial charge is 0.254 e. The van der Waals surface area contributed by atoms with Gasteiger partial charge in [-0.25, -0.2) is 4.39 Å². The summed E-state index contributed by atoms with van der Waals surface area (Å²) >= 11 is 0. The van der Waals surface area contributed by atoms with E-state index in [-0.39, 0.29) is 17.5 Å². The van der Waals surface area contributed by atoms with Crippen molar-refractivity contribution < 1.29 is 9.18 Å². The Hall–Kier alpha value is -2.27. The van der Waals surface area contributed by atoms with Crippen molar-refractivity contribution in [3.8, 4) is 0 Å². The summed E-state index contributed by atoms with van der Waals surface area (Å²) < 4.78 is 13.8. The molecular formula is C20H24FN3O. The predicted molar refractivity (Wildman–Crippen MR) is 95.5 cm³/mol. The number of likely N-dealkylation sites (tertiary alicyclic amines) is 1. The number of hydrogen-bond donors (Lipinski definition) is 1. The molecule has 0 bridgehead atoms. The van der Waals surface area contributed by atoms with Crippen LogP contribution in [0.4, 0.5) is 4.39 Å². The standard InChI is InChI=1S/C20H24FN3O/c1-14-11-24(13-16-6-4-3-5-7-16)12-15(2)19(14)23-20(25)17-8-9-22-10-18(17)21/h3-10,14-15,19H,11-13H2,1-2H3,(H,23,25)/t14-,15-/m1/s1. The van der Waals surface area contributed by atoms with E-state index in [1.807, 2.05) is 6.07 Å². The molecule has 132 valence electrons. The van der Waals surface area contributed by atoms with Gasteiger partial charge in [-0.3, -0.25) is 14.7 Å². The number of benzene rings is 1. The van der Waals surface area contributed by atoms with Gasteiger partial charge in [0, 0.05) is 31.9 Å². The van der Waals surface area contributed by atoms with Crippen LogP contribution in [0.25, 0.3) is 0 Å². The van der Waals surface area contributed by atoms with Gasteiger partial charge in [0.05, 0.1) is 11.8 Å². The number of nitrogens with one attached hydrogen (secondary N) is 1. The monoisotopic (exact) mass is 341 g/mol. The van der Waals surface area contributed by atoms with Crippen molar-refractivity contribution in [3.63, 3.8) is 0 Å². The van der Waals surface area contributed by atoms with Crippen molar-refractivity contribution in [1.29, 1.82) is 0 Å². The molecule has 1 aromatic carbocycles. The molecule has 1 saturated heterocycles. The van der Waals surface area contributed by atoms with E-state index in [4.69, 9.17) is 0 Å². The molecule has 0 radical (unpaired) electrons. The Kier molecular flexibility index (Phi) is 5.43. The van der Waals surface area contributed by atoms with Crippen LogP contribution in [0.15, 0.2) is 48.8 Å². The average molecular weight is 341 g/mol. The minimum Gasteiger partial charge on any atom is -0.349 e. The summed E-state index contributed by atoms with van der Waals surface area (Å²) in [6.07, 6.45) is 2.51. The Morgan fingerprint density at radius 2 is 1.88 bits per heavy atom. The molecule has 0 unspecified atom stereocenters. The summed E-state index contributed by atoms with van der Waals surface area (Å²) in [7, 11) is 0. The molecule has 2 atom stereocenters. The largest absolute Gasteiger partial charge is 0.349 e. The Labute approximate surface area is 148 Å². The molecule has 2 aromatic rings. The van der Waals surface area contributed by atoms with E-state index in [9.17, 15) is 9.18 Å². The number of hydrogen-bond acceptors (Lipinski definition) is 3. The molecule has 3 rings (SSSR count). The van der Waals surface area contributed by atoms with Crippen LogP contribution < -0.4 is 5.32 Å². The van der Waals surface area contributed by atoms with Gasteiger partial charge in [0.25, 0.3) is 5.91 Å². The molecule has 0 spiro atoms. The second-order valence-electron chi connectivity index (χ2n) is 6.99. The topological polar surface area (TPSA) is 45.2 Å². The number of aromatic nitrogens is 1. The summed E-state index contributed by atoms with van der Waals surface area (Å²) in [5.74, 6) is -0.357. The van der Waals surface area contributed by atoms with E-state index in [0.29, 0.717) is 11.8 Å². The molecule has 1 fully saturated rings. The molecule has 0 saturated carbocycles. The summed E-state index contributed by atoms with van der Waals surface area (Å²) in [6, 6.07) is 11.9. The molecule has 0 aliphatic carbocycles. The second kappa shape index (κ2) is 7.74. The van der Waals surface area contributed by atoms with Gasteiger partial charge < -0.3 is 5.32 Å². The third-order valence-electron chi connectivity index (χ3n) is 4.88. The van der Waals surface area contributed by atoms with Gasteiger partial charge in [0.15, 0.2) is 5.82 Å². The van der Waals surface area contributed by atoms with Gasteiger partial charge in [0.1, 0.15) is 0 Å². The van der Waals surface area contributed by atoms with Crippen molar-refractivity contribution in [2.24, 2.45) is 11.8 Å². The first-order chi connectivity index (χ1) is 12.0. The molecule has 1 aliphatic rings. The third kappa shape index (κ3) is 4.23. The van der Waals surface area contributed by atoms with Crippen LogP contribution in [-0.2, 0) is 6.54 Å². The van der Waals surface area contributed by atoms with Gasteiger partial charge in [-0.05, 0) is 23.5 Å². The van der Waals surface area contributed by atoms with Crippen molar-refractivity contribution in [2.75, 3.05) is 13.1 Å².